The molecule has 5 nitrogen and oxygen atoms in total. The summed E-state index contributed by atoms with van der Waals surface area (Å²) in [6.45, 7) is 4.31. The second-order valence-electron chi connectivity index (χ2n) is 7.17. The number of hydrogen-bond acceptors (Lipinski definition) is 4. The molecule has 2 fully saturated rings. The molecule has 1 aliphatic heterocycles. The van der Waals surface area contributed by atoms with Crippen LogP contribution in [0.1, 0.15) is 41.6 Å². The van der Waals surface area contributed by atoms with Crippen molar-refractivity contribution in [1.29, 1.82) is 0 Å². The van der Waals surface area contributed by atoms with Gasteiger partial charge in [-0.05, 0) is 62.8 Å². The summed E-state index contributed by atoms with van der Waals surface area (Å²) in [4.78, 5) is 14.8. The molecule has 140 valence electrons. The van der Waals surface area contributed by atoms with Crippen molar-refractivity contribution in [2.45, 2.75) is 43.5 Å². The first-order chi connectivity index (χ1) is 11.3. The van der Waals surface area contributed by atoms with E-state index in [2.05, 4.69) is 5.32 Å². The van der Waals surface area contributed by atoms with Crippen molar-refractivity contribution in [2.24, 2.45) is 5.92 Å². The Bertz CT molecular complexity index is 724. The van der Waals surface area contributed by atoms with E-state index in [1.807, 2.05) is 4.90 Å². The molecule has 1 aliphatic carbocycles. The van der Waals surface area contributed by atoms with Gasteiger partial charge in [0.2, 0.25) is 0 Å². The summed E-state index contributed by atoms with van der Waals surface area (Å²) < 4.78 is 23.7. The van der Waals surface area contributed by atoms with E-state index in [1.54, 1.807) is 19.1 Å². The van der Waals surface area contributed by atoms with Gasteiger partial charge >= 0.3 is 0 Å². The van der Waals surface area contributed by atoms with E-state index < -0.39 is 9.84 Å². The third kappa shape index (κ3) is 5.19. The highest BCUT2D eigenvalue weighted by Gasteiger charge is 2.27. The second-order valence-corrected chi connectivity index (χ2v) is 9.15. The van der Waals surface area contributed by atoms with Gasteiger partial charge in [-0.1, -0.05) is 6.07 Å². The zero-order valence-corrected chi connectivity index (χ0v) is 16.5. The van der Waals surface area contributed by atoms with Crippen molar-refractivity contribution in [2.75, 3.05) is 25.9 Å². The van der Waals surface area contributed by atoms with E-state index in [0.29, 0.717) is 17.2 Å². The third-order valence-corrected chi connectivity index (χ3v) is 6.25. The Morgan fingerprint density at radius 2 is 1.84 bits per heavy atom. The number of piperidine rings is 1. The number of sulfone groups is 1. The lowest BCUT2D eigenvalue weighted by Gasteiger charge is -2.32. The summed E-state index contributed by atoms with van der Waals surface area (Å²) in [6.07, 6.45) is 5.80. The van der Waals surface area contributed by atoms with Gasteiger partial charge in [-0.3, -0.25) is 4.79 Å². The van der Waals surface area contributed by atoms with Gasteiger partial charge in [0, 0.05) is 31.0 Å². The van der Waals surface area contributed by atoms with Crippen molar-refractivity contribution in [3.63, 3.8) is 0 Å². The molecule has 0 radical (unpaired) electrons. The molecule has 1 heterocycles. The van der Waals surface area contributed by atoms with Crippen molar-refractivity contribution in [3.8, 4) is 0 Å². The van der Waals surface area contributed by atoms with E-state index in [0.717, 1.165) is 38.4 Å². The van der Waals surface area contributed by atoms with Crippen molar-refractivity contribution < 1.29 is 13.2 Å². The minimum Gasteiger partial charge on any atom is -0.339 e. The molecule has 0 atom stereocenters. The fourth-order valence-electron chi connectivity index (χ4n) is 3.26. The van der Waals surface area contributed by atoms with Crippen LogP contribution in [0.25, 0.3) is 0 Å². The Morgan fingerprint density at radius 3 is 2.40 bits per heavy atom. The number of carbonyl (C=O) groups excluding carboxylic acids is 1. The first-order valence-corrected chi connectivity index (χ1v) is 10.6. The Kier molecular flexibility index (Phi) is 6.51. The molecular formula is C18H27ClN2O3S. The monoisotopic (exact) mass is 386 g/mol. The van der Waals surface area contributed by atoms with Crippen molar-refractivity contribution in [1.82, 2.24) is 10.2 Å². The van der Waals surface area contributed by atoms with Gasteiger partial charge in [0.25, 0.3) is 5.91 Å². The number of hydrogen-bond donors (Lipinski definition) is 1. The number of halogens is 1. The van der Waals surface area contributed by atoms with Gasteiger partial charge in [0.1, 0.15) is 0 Å². The summed E-state index contributed by atoms with van der Waals surface area (Å²) in [5.41, 5.74) is 1.14. The first-order valence-electron chi connectivity index (χ1n) is 8.68. The number of carbonyl (C=O) groups is 1. The van der Waals surface area contributed by atoms with Crippen LogP contribution in [0.4, 0.5) is 0 Å². The second kappa shape index (κ2) is 8.06. The summed E-state index contributed by atoms with van der Waals surface area (Å²) in [7, 11) is -3.32. The van der Waals surface area contributed by atoms with Crippen molar-refractivity contribution >= 4 is 28.2 Å². The van der Waals surface area contributed by atoms with Crippen LogP contribution in [-0.4, -0.2) is 51.2 Å². The minimum atomic E-state index is -3.32. The molecule has 1 aromatic rings. The van der Waals surface area contributed by atoms with Crippen molar-refractivity contribution in [3.05, 3.63) is 29.3 Å². The van der Waals surface area contributed by atoms with E-state index in [1.165, 1.54) is 25.2 Å². The first kappa shape index (κ1) is 20.2. The zero-order valence-electron chi connectivity index (χ0n) is 14.8. The van der Waals surface area contributed by atoms with E-state index >= 15 is 0 Å². The van der Waals surface area contributed by atoms with E-state index in [9.17, 15) is 13.2 Å². The van der Waals surface area contributed by atoms with Crippen LogP contribution in [0.2, 0.25) is 0 Å². The van der Waals surface area contributed by atoms with Crippen LogP contribution in [-0.2, 0) is 9.84 Å². The van der Waals surface area contributed by atoms with Gasteiger partial charge in [-0.15, -0.1) is 12.4 Å². The quantitative estimate of drug-likeness (QED) is 0.843. The fraction of sp³-hybridized carbons (Fsp3) is 0.611. The molecular weight excluding hydrogens is 360 g/mol. The molecule has 1 saturated carbocycles. The highest BCUT2D eigenvalue weighted by Crippen LogP contribution is 2.28. The Morgan fingerprint density at radius 1 is 1.20 bits per heavy atom. The average molecular weight is 387 g/mol. The SMILES string of the molecule is Cc1ccc(C(=O)N2CCC(NCC3CC3)CC2)cc1S(C)(=O)=O.Cl. The lowest BCUT2D eigenvalue weighted by Crippen LogP contribution is -2.45. The molecule has 1 N–H and O–H groups in total. The topological polar surface area (TPSA) is 66.5 Å². The summed E-state index contributed by atoms with van der Waals surface area (Å²) in [5.74, 6) is 0.798. The fourth-order valence-corrected chi connectivity index (χ4v) is 4.25. The zero-order chi connectivity index (χ0) is 17.3. The number of rotatable bonds is 5. The molecule has 1 amide bonds. The van der Waals surface area contributed by atoms with Crippen LogP contribution in [0.15, 0.2) is 23.1 Å². The molecule has 1 saturated heterocycles. The number of nitrogens with zero attached hydrogens (tertiary/aromatic N) is 1. The van der Waals surface area contributed by atoms with Gasteiger partial charge in [0.05, 0.1) is 4.90 Å². The van der Waals surface area contributed by atoms with Crippen LogP contribution in [0, 0.1) is 12.8 Å². The molecule has 1 aromatic carbocycles. The van der Waals surface area contributed by atoms with Crippen LogP contribution < -0.4 is 5.32 Å². The summed E-state index contributed by atoms with van der Waals surface area (Å²) in [6, 6.07) is 5.46. The molecule has 0 spiro atoms. The predicted molar refractivity (Wildman–Crippen MR) is 101 cm³/mol. The highest BCUT2D eigenvalue weighted by molar-refractivity contribution is 7.90. The van der Waals surface area contributed by atoms with Crippen LogP contribution >= 0.6 is 12.4 Å². The lowest BCUT2D eigenvalue weighted by molar-refractivity contribution is 0.0704. The van der Waals surface area contributed by atoms with Gasteiger partial charge in [-0.2, -0.15) is 0 Å². The highest BCUT2D eigenvalue weighted by atomic mass is 35.5. The molecule has 0 aromatic heterocycles. The normalized spacial score (nSPS) is 18.7. The number of amides is 1. The number of benzene rings is 1. The number of likely N-dealkylation sites (tertiary alicyclic amines) is 1. The van der Waals surface area contributed by atoms with Crippen LogP contribution in [0.5, 0.6) is 0 Å². The van der Waals surface area contributed by atoms with E-state index in [-0.39, 0.29) is 23.2 Å². The Balaban J connectivity index is 0.00000225. The summed E-state index contributed by atoms with van der Waals surface area (Å²) in [5, 5.41) is 3.60. The lowest BCUT2D eigenvalue weighted by atomic mass is 10.0. The molecule has 25 heavy (non-hydrogen) atoms. The predicted octanol–water partition coefficient (Wildman–Crippen LogP) is 2.42. The largest absolute Gasteiger partial charge is 0.339 e. The maximum Gasteiger partial charge on any atom is 0.253 e. The Labute approximate surface area is 156 Å². The third-order valence-electron chi connectivity index (χ3n) is 5.01. The molecule has 2 aliphatic rings. The maximum absolute atomic E-state index is 12.7. The standard InChI is InChI=1S/C18H26N2O3S.ClH/c1-13-3-6-15(11-17(13)24(2,22)23)18(21)20-9-7-16(8-10-20)19-12-14-4-5-14;/h3,6,11,14,16,19H,4-5,7-10,12H2,1-2H3;1H. The Hall–Kier alpha value is -1.11. The molecule has 0 bridgehead atoms. The molecule has 7 heteroatoms. The minimum absolute atomic E-state index is 0. The van der Waals surface area contributed by atoms with E-state index in [4.69, 9.17) is 0 Å². The molecule has 0 unspecified atom stereocenters. The number of nitrogens with one attached hydrogen (secondary N) is 1. The van der Waals surface area contributed by atoms with Gasteiger partial charge in [0.15, 0.2) is 9.84 Å². The maximum atomic E-state index is 12.7. The molecule has 3 rings (SSSR count). The summed E-state index contributed by atoms with van der Waals surface area (Å²) >= 11 is 0. The van der Waals surface area contributed by atoms with Crippen LogP contribution in [0.3, 0.4) is 0 Å². The number of aryl methyl sites for hydroxylation is 1. The van der Waals surface area contributed by atoms with Gasteiger partial charge in [-0.25, -0.2) is 8.42 Å². The average Bonchev–Trinajstić information content (AvgIpc) is 3.36. The van der Waals surface area contributed by atoms with Gasteiger partial charge < -0.3 is 10.2 Å². The smallest absolute Gasteiger partial charge is 0.253 e.